The first-order chi connectivity index (χ1) is 9.12. The Hall–Kier alpha value is -1.62. The molecule has 5 heteroatoms. The lowest BCUT2D eigenvalue weighted by Gasteiger charge is -2.16. The number of carbonyl (C=O) groups excluding carboxylic acids is 1. The van der Waals surface area contributed by atoms with Gasteiger partial charge in [-0.3, -0.25) is 4.79 Å². The lowest BCUT2D eigenvalue weighted by Crippen LogP contribution is -2.40. The number of halogens is 1. The third-order valence-corrected chi connectivity index (χ3v) is 2.95. The first-order valence-corrected chi connectivity index (χ1v) is 6.46. The molecular formula is C14H21FN2O2. The number of carbonyl (C=O) groups is 1. The van der Waals surface area contributed by atoms with Gasteiger partial charge in [-0.25, -0.2) is 4.39 Å². The van der Waals surface area contributed by atoms with E-state index in [0.29, 0.717) is 12.3 Å². The van der Waals surface area contributed by atoms with Crippen LogP contribution in [0.1, 0.15) is 36.5 Å². The van der Waals surface area contributed by atoms with E-state index in [0.717, 1.165) is 19.3 Å². The first kappa shape index (κ1) is 15.4. The van der Waals surface area contributed by atoms with Crippen LogP contribution in [0.4, 0.5) is 4.39 Å². The predicted octanol–water partition coefficient (Wildman–Crippen LogP) is 2.08. The topological polar surface area (TPSA) is 64.3 Å². The molecule has 1 unspecified atom stereocenters. The van der Waals surface area contributed by atoms with Crippen molar-refractivity contribution in [3.8, 4) is 5.75 Å². The summed E-state index contributed by atoms with van der Waals surface area (Å²) in [4.78, 5) is 12.0. The summed E-state index contributed by atoms with van der Waals surface area (Å²) < 4.78 is 18.6. The Bertz CT molecular complexity index is 424. The molecule has 19 heavy (non-hydrogen) atoms. The molecule has 0 saturated heterocycles. The second-order valence-electron chi connectivity index (χ2n) is 4.39. The Balaban J connectivity index is 2.71. The molecule has 0 bridgehead atoms. The number of ether oxygens (including phenoxy) is 1. The van der Waals surface area contributed by atoms with Crippen LogP contribution >= 0.6 is 0 Å². The van der Waals surface area contributed by atoms with Gasteiger partial charge in [0.15, 0.2) is 0 Å². The average Bonchev–Trinajstić information content (AvgIpc) is 2.42. The molecule has 1 amide bonds. The van der Waals surface area contributed by atoms with E-state index in [1.807, 2.05) is 0 Å². The highest BCUT2D eigenvalue weighted by Gasteiger charge is 2.16. The number of benzene rings is 1. The van der Waals surface area contributed by atoms with Gasteiger partial charge in [0.25, 0.3) is 5.91 Å². The summed E-state index contributed by atoms with van der Waals surface area (Å²) >= 11 is 0. The van der Waals surface area contributed by atoms with Gasteiger partial charge in [0.1, 0.15) is 11.6 Å². The molecule has 0 aromatic heterocycles. The van der Waals surface area contributed by atoms with E-state index in [4.69, 9.17) is 10.5 Å². The fraction of sp³-hybridized carbons (Fsp3) is 0.500. The van der Waals surface area contributed by atoms with Gasteiger partial charge in [-0.2, -0.15) is 0 Å². The largest absolute Gasteiger partial charge is 0.497 e. The van der Waals surface area contributed by atoms with Gasteiger partial charge in [0.2, 0.25) is 0 Å². The van der Waals surface area contributed by atoms with Crippen molar-refractivity contribution in [1.29, 1.82) is 0 Å². The molecule has 106 valence electrons. The van der Waals surface area contributed by atoms with Crippen molar-refractivity contribution in [1.82, 2.24) is 5.32 Å². The highest BCUT2D eigenvalue weighted by atomic mass is 19.1. The maximum Gasteiger partial charge on any atom is 0.254 e. The minimum Gasteiger partial charge on any atom is -0.497 e. The second kappa shape index (κ2) is 7.74. The lowest BCUT2D eigenvalue weighted by atomic mass is 10.1. The number of unbranched alkanes of at least 4 members (excludes halogenated alkanes) is 1. The zero-order valence-electron chi connectivity index (χ0n) is 11.4. The van der Waals surface area contributed by atoms with Gasteiger partial charge in [-0.1, -0.05) is 19.8 Å². The van der Waals surface area contributed by atoms with Gasteiger partial charge in [-0.15, -0.1) is 0 Å². The quantitative estimate of drug-likeness (QED) is 0.795. The summed E-state index contributed by atoms with van der Waals surface area (Å²) in [5.41, 5.74) is 5.61. The molecule has 1 atom stereocenters. The van der Waals surface area contributed by atoms with Gasteiger partial charge in [0.05, 0.1) is 12.7 Å². The van der Waals surface area contributed by atoms with Gasteiger partial charge < -0.3 is 15.8 Å². The van der Waals surface area contributed by atoms with Crippen LogP contribution in [0.15, 0.2) is 18.2 Å². The Labute approximate surface area is 113 Å². The summed E-state index contributed by atoms with van der Waals surface area (Å²) in [6.07, 6.45) is 2.81. The number of methoxy groups -OCH3 is 1. The Morgan fingerprint density at radius 1 is 1.53 bits per heavy atom. The van der Waals surface area contributed by atoms with Crippen LogP contribution in [-0.4, -0.2) is 25.6 Å². The van der Waals surface area contributed by atoms with E-state index in [2.05, 4.69) is 12.2 Å². The smallest absolute Gasteiger partial charge is 0.254 e. The zero-order valence-corrected chi connectivity index (χ0v) is 11.4. The summed E-state index contributed by atoms with van der Waals surface area (Å²) in [5, 5.41) is 2.75. The number of hydrogen-bond donors (Lipinski definition) is 2. The van der Waals surface area contributed by atoms with Gasteiger partial charge in [-0.05, 0) is 18.6 Å². The number of hydrogen-bond acceptors (Lipinski definition) is 3. The zero-order chi connectivity index (χ0) is 14.3. The van der Waals surface area contributed by atoms with E-state index in [1.54, 1.807) is 6.07 Å². The molecule has 0 aliphatic rings. The van der Waals surface area contributed by atoms with Gasteiger partial charge >= 0.3 is 0 Å². The van der Waals surface area contributed by atoms with Crippen molar-refractivity contribution in [3.63, 3.8) is 0 Å². The fourth-order valence-corrected chi connectivity index (χ4v) is 1.77. The summed E-state index contributed by atoms with van der Waals surface area (Å²) in [5.74, 6) is -0.648. The molecule has 0 saturated carbocycles. The molecular weight excluding hydrogens is 247 g/mol. The number of nitrogens with one attached hydrogen (secondary N) is 1. The molecule has 0 aliphatic heterocycles. The molecule has 4 nitrogen and oxygen atoms in total. The number of amides is 1. The van der Waals surface area contributed by atoms with Crippen LogP contribution in [0.3, 0.4) is 0 Å². The lowest BCUT2D eigenvalue weighted by molar-refractivity contribution is 0.0931. The van der Waals surface area contributed by atoms with Crippen molar-refractivity contribution in [2.45, 2.75) is 32.2 Å². The molecule has 0 aliphatic carbocycles. The van der Waals surface area contributed by atoms with Crippen molar-refractivity contribution in [2.75, 3.05) is 13.7 Å². The minimum absolute atomic E-state index is 0.00995. The molecule has 0 fully saturated rings. The summed E-state index contributed by atoms with van der Waals surface area (Å²) in [6.45, 7) is 2.42. The number of nitrogens with two attached hydrogens (primary N) is 1. The van der Waals surface area contributed by atoms with Crippen molar-refractivity contribution in [2.24, 2.45) is 5.73 Å². The summed E-state index contributed by atoms with van der Waals surface area (Å²) in [6, 6.07) is 4.05. The third-order valence-electron chi connectivity index (χ3n) is 2.95. The molecule has 0 spiro atoms. The van der Waals surface area contributed by atoms with Crippen LogP contribution < -0.4 is 15.8 Å². The second-order valence-corrected chi connectivity index (χ2v) is 4.39. The van der Waals surface area contributed by atoms with Crippen LogP contribution in [0.2, 0.25) is 0 Å². The highest BCUT2D eigenvalue weighted by molar-refractivity contribution is 5.94. The fourth-order valence-electron chi connectivity index (χ4n) is 1.77. The van der Waals surface area contributed by atoms with E-state index in [9.17, 15) is 9.18 Å². The van der Waals surface area contributed by atoms with Crippen molar-refractivity contribution >= 4 is 5.91 Å². The van der Waals surface area contributed by atoms with Crippen LogP contribution in [-0.2, 0) is 0 Å². The molecule has 1 rings (SSSR count). The molecule has 0 heterocycles. The van der Waals surface area contributed by atoms with Crippen LogP contribution in [0, 0.1) is 5.82 Å². The third kappa shape index (κ3) is 4.52. The Morgan fingerprint density at radius 3 is 2.79 bits per heavy atom. The van der Waals surface area contributed by atoms with E-state index < -0.39 is 11.7 Å². The van der Waals surface area contributed by atoms with Crippen LogP contribution in [0.25, 0.3) is 0 Å². The number of rotatable bonds is 7. The average molecular weight is 268 g/mol. The maximum absolute atomic E-state index is 13.7. The molecule has 1 aromatic rings. The van der Waals surface area contributed by atoms with Gasteiger partial charge in [0, 0.05) is 18.7 Å². The monoisotopic (exact) mass is 268 g/mol. The minimum atomic E-state index is -0.594. The van der Waals surface area contributed by atoms with Crippen molar-refractivity contribution in [3.05, 3.63) is 29.6 Å². The highest BCUT2D eigenvalue weighted by Crippen LogP contribution is 2.16. The first-order valence-electron chi connectivity index (χ1n) is 6.46. The van der Waals surface area contributed by atoms with E-state index in [1.165, 1.54) is 19.2 Å². The van der Waals surface area contributed by atoms with E-state index in [-0.39, 0.29) is 11.6 Å². The van der Waals surface area contributed by atoms with Crippen LogP contribution in [0.5, 0.6) is 5.75 Å². The molecule has 1 aromatic carbocycles. The molecule has 0 radical (unpaired) electrons. The Morgan fingerprint density at radius 2 is 2.26 bits per heavy atom. The standard InChI is InChI=1S/C14H21FN2O2/c1-3-4-5-10(9-16)17-14(18)12-7-6-11(19-2)8-13(12)15/h6-8,10H,3-5,9,16H2,1-2H3,(H,17,18). The van der Waals surface area contributed by atoms with Crippen molar-refractivity contribution < 1.29 is 13.9 Å². The normalized spacial score (nSPS) is 12.0. The summed E-state index contributed by atoms with van der Waals surface area (Å²) in [7, 11) is 1.45. The Kier molecular flexibility index (Phi) is 6.29. The SMILES string of the molecule is CCCCC(CN)NC(=O)c1ccc(OC)cc1F. The predicted molar refractivity (Wildman–Crippen MR) is 72.8 cm³/mol. The molecule has 3 N–H and O–H groups in total. The maximum atomic E-state index is 13.7. The van der Waals surface area contributed by atoms with E-state index >= 15 is 0 Å².